The second-order valence-electron chi connectivity index (χ2n) is 8.98. The second-order valence-corrected chi connectivity index (χ2v) is 10.0. The third kappa shape index (κ3) is 4.66. The number of carbonyl (C=O) groups excluding carboxylic acids is 1. The van der Waals surface area contributed by atoms with Crippen LogP contribution in [0, 0.1) is 13.8 Å². The van der Waals surface area contributed by atoms with Crippen molar-refractivity contribution < 1.29 is 9.53 Å². The van der Waals surface area contributed by atoms with Crippen molar-refractivity contribution in [3.63, 3.8) is 0 Å². The summed E-state index contributed by atoms with van der Waals surface area (Å²) in [5.74, 6) is 1.03. The summed E-state index contributed by atoms with van der Waals surface area (Å²) in [4.78, 5) is 23.5. The van der Waals surface area contributed by atoms with Crippen molar-refractivity contribution in [2.45, 2.75) is 32.4 Å². The van der Waals surface area contributed by atoms with Gasteiger partial charge in [0, 0.05) is 42.3 Å². The zero-order chi connectivity index (χ0) is 23.7. The molecule has 1 aromatic heterocycles. The van der Waals surface area contributed by atoms with Crippen molar-refractivity contribution in [1.29, 1.82) is 0 Å². The smallest absolute Gasteiger partial charge is 0.241 e. The summed E-state index contributed by atoms with van der Waals surface area (Å²) in [6.45, 7) is 7.27. The van der Waals surface area contributed by atoms with Crippen molar-refractivity contribution in [3.8, 4) is 16.3 Å². The van der Waals surface area contributed by atoms with E-state index in [0.717, 1.165) is 54.6 Å². The van der Waals surface area contributed by atoms with Crippen molar-refractivity contribution in [2.75, 3.05) is 38.2 Å². The molecule has 8 heteroatoms. The number of piperazine rings is 1. The van der Waals surface area contributed by atoms with Gasteiger partial charge in [0.15, 0.2) is 0 Å². The number of anilines is 1. The van der Waals surface area contributed by atoms with Crippen LogP contribution in [0.4, 0.5) is 5.69 Å². The van der Waals surface area contributed by atoms with E-state index in [4.69, 9.17) is 9.72 Å². The summed E-state index contributed by atoms with van der Waals surface area (Å²) in [6, 6.07) is 16.4. The van der Waals surface area contributed by atoms with E-state index in [1.165, 1.54) is 16.1 Å². The first-order valence-electron chi connectivity index (χ1n) is 11.7. The number of nitrogens with zero attached hydrogens (tertiary/aromatic N) is 3. The molecular weight excluding hydrogens is 446 g/mol. The van der Waals surface area contributed by atoms with Gasteiger partial charge in [-0.15, -0.1) is 11.3 Å². The number of benzene rings is 2. The highest BCUT2D eigenvalue weighted by atomic mass is 32.1. The maximum Gasteiger partial charge on any atom is 0.241 e. The first kappa shape index (κ1) is 22.8. The molecule has 3 aromatic rings. The van der Waals surface area contributed by atoms with Gasteiger partial charge in [-0.2, -0.15) is 0 Å². The fourth-order valence-electron chi connectivity index (χ4n) is 4.72. The number of carbonyl (C=O) groups is 1. The van der Waals surface area contributed by atoms with Crippen LogP contribution in [0.3, 0.4) is 0 Å². The number of nitrogens with one attached hydrogen (secondary N) is 2. The lowest BCUT2D eigenvalue weighted by molar-refractivity contribution is -0.133. The van der Waals surface area contributed by atoms with Gasteiger partial charge >= 0.3 is 0 Å². The number of ether oxygens (including phenoxy) is 1. The zero-order valence-electron chi connectivity index (χ0n) is 19.9. The van der Waals surface area contributed by atoms with Crippen LogP contribution in [-0.2, 0) is 4.79 Å². The van der Waals surface area contributed by atoms with Crippen LogP contribution >= 0.6 is 11.3 Å². The quantitative estimate of drug-likeness (QED) is 0.584. The number of methoxy groups -OCH3 is 1. The van der Waals surface area contributed by atoms with Gasteiger partial charge in [-0.3, -0.25) is 4.79 Å². The standard InChI is InChI=1S/C26H31N5O2S/c1-17-5-4-6-19(15-17)25-27-18(2)24(34-25)22-16-23(29-28-22)26(32)31-13-11-30(12-14-31)20-7-9-21(33-3)10-8-20/h4-10,15,22-23,28-29H,11-14,16H2,1-3H3. The monoisotopic (exact) mass is 477 g/mol. The van der Waals surface area contributed by atoms with Gasteiger partial charge in [0.2, 0.25) is 5.91 Å². The first-order valence-corrected chi connectivity index (χ1v) is 12.6. The highest BCUT2D eigenvalue weighted by Crippen LogP contribution is 2.35. The van der Waals surface area contributed by atoms with Crippen LogP contribution < -0.4 is 20.5 Å². The van der Waals surface area contributed by atoms with E-state index in [2.05, 4.69) is 66.0 Å². The lowest BCUT2D eigenvalue weighted by Crippen LogP contribution is -2.53. The molecule has 2 fully saturated rings. The van der Waals surface area contributed by atoms with Gasteiger partial charge in [-0.05, 0) is 50.6 Å². The fourth-order valence-corrected chi connectivity index (χ4v) is 5.85. The summed E-state index contributed by atoms with van der Waals surface area (Å²) < 4.78 is 5.25. The highest BCUT2D eigenvalue weighted by molar-refractivity contribution is 7.15. The van der Waals surface area contributed by atoms with E-state index in [-0.39, 0.29) is 18.0 Å². The van der Waals surface area contributed by atoms with Crippen LogP contribution in [0.1, 0.15) is 28.6 Å². The topological polar surface area (TPSA) is 69.7 Å². The Hall–Kier alpha value is -2.94. The van der Waals surface area contributed by atoms with Gasteiger partial charge in [0.25, 0.3) is 0 Å². The van der Waals surface area contributed by atoms with E-state index in [9.17, 15) is 4.79 Å². The van der Waals surface area contributed by atoms with Gasteiger partial charge in [0.1, 0.15) is 16.8 Å². The fraction of sp³-hybridized carbons (Fsp3) is 0.385. The summed E-state index contributed by atoms with van der Waals surface area (Å²) in [7, 11) is 1.68. The Bertz CT molecular complexity index is 1150. The summed E-state index contributed by atoms with van der Waals surface area (Å²) >= 11 is 1.71. The molecule has 34 heavy (non-hydrogen) atoms. The number of amides is 1. The predicted molar refractivity (Wildman–Crippen MR) is 136 cm³/mol. The van der Waals surface area contributed by atoms with Crippen LogP contribution in [0.5, 0.6) is 5.75 Å². The SMILES string of the molecule is COc1ccc(N2CCN(C(=O)C3CC(c4sc(-c5cccc(C)c5)nc4C)NN3)CC2)cc1. The predicted octanol–water partition coefficient (Wildman–Crippen LogP) is 3.69. The number of hydrogen-bond donors (Lipinski definition) is 2. The van der Waals surface area contributed by atoms with Crippen LogP contribution in [-0.4, -0.2) is 55.1 Å². The number of rotatable bonds is 5. The Morgan fingerprint density at radius 1 is 1.06 bits per heavy atom. The Morgan fingerprint density at radius 3 is 2.53 bits per heavy atom. The van der Waals surface area contributed by atoms with Gasteiger partial charge in [0.05, 0.1) is 18.8 Å². The molecule has 0 radical (unpaired) electrons. The molecule has 178 valence electrons. The maximum atomic E-state index is 13.2. The van der Waals surface area contributed by atoms with E-state index in [0.29, 0.717) is 0 Å². The average Bonchev–Trinajstić information content (AvgIpc) is 3.51. The number of hydrazine groups is 1. The highest BCUT2D eigenvalue weighted by Gasteiger charge is 2.35. The van der Waals surface area contributed by atoms with Crippen LogP contribution in [0.15, 0.2) is 48.5 Å². The second kappa shape index (κ2) is 9.74. The maximum absolute atomic E-state index is 13.2. The molecule has 2 aliphatic heterocycles. The minimum absolute atomic E-state index is 0.0885. The summed E-state index contributed by atoms with van der Waals surface area (Å²) in [5.41, 5.74) is 11.2. The Labute approximate surface area is 204 Å². The molecule has 5 rings (SSSR count). The number of hydrogen-bond acceptors (Lipinski definition) is 7. The zero-order valence-corrected chi connectivity index (χ0v) is 20.7. The summed E-state index contributed by atoms with van der Waals surface area (Å²) in [6.07, 6.45) is 0.730. The van der Waals surface area contributed by atoms with Crippen molar-refractivity contribution in [3.05, 3.63) is 64.7 Å². The van der Waals surface area contributed by atoms with Crippen molar-refractivity contribution in [2.24, 2.45) is 0 Å². The minimum Gasteiger partial charge on any atom is -0.497 e. The van der Waals surface area contributed by atoms with E-state index in [1.807, 2.05) is 17.0 Å². The third-order valence-electron chi connectivity index (χ3n) is 6.64. The molecule has 2 N–H and O–H groups in total. The molecule has 2 aliphatic rings. The molecule has 2 aromatic carbocycles. The molecular formula is C26H31N5O2S. The Kier molecular flexibility index (Phi) is 6.54. The molecule has 0 spiro atoms. The number of thiazole rings is 1. The molecule has 2 unspecified atom stereocenters. The van der Waals surface area contributed by atoms with Crippen LogP contribution in [0.2, 0.25) is 0 Å². The van der Waals surface area contributed by atoms with Gasteiger partial charge < -0.3 is 14.5 Å². The lowest BCUT2D eigenvalue weighted by Gasteiger charge is -2.37. The molecule has 2 atom stereocenters. The molecule has 0 bridgehead atoms. The largest absolute Gasteiger partial charge is 0.497 e. The first-order chi connectivity index (χ1) is 16.5. The van der Waals surface area contributed by atoms with E-state index >= 15 is 0 Å². The Balaban J connectivity index is 1.19. The number of aryl methyl sites for hydroxylation is 2. The van der Waals surface area contributed by atoms with Crippen molar-refractivity contribution in [1.82, 2.24) is 20.7 Å². The molecule has 1 amide bonds. The normalized spacial score (nSPS) is 20.6. The molecule has 0 saturated carbocycles. The number of aromatic nitrogens is 1. The van der Waals surface area contributed by atoms with Crippen LogP contribution in [0.25, 0.3) is 10.6 Å². The minimum atomic E-state index is -0.221. The van der Waals surface area contributed by atoms with Gasteiger partial charge in [-0.1, -0.05) is 23.8 Å². The molecule has 0 aliphatic carbocycles. The average molecular weight is 478 g/mol. The molecule has 2 saturated heterocycles. The van der Waals surface area contributed by atoms with Gasteiger partial charge in [-0.25, -0.2) is 15.8 Å². The molecule has 3 heterocycles. The third-order valence-corrected chi connectivity index (χ3v) is 7.96. The Morgan fingerprint density at radius 2 is 1.82 bits per heavy atom. The van der Waals surface area contributed by atoms with Crippen molar-refractivity contribution >= 4 is 22.9 Å². The summed E-state index contributed by atoms with van der Waals surface area (Å²) in [5, 5.41) is 1.03. The lowest BCUT2D eigenvalue weighted by atomic mass is 10.1. The molecule has 7 nitrogen and oxygen atoms in total. The van der Waals surface area contributed by atoms with E-state index < -0.39 is 0 Å². The van der Waals surface area contributed by atoms with E-state index in [1.54, 1.807) is 18.4 Å².